The smallest absolute Gasteiger partial charge is 0.353 e. The molecule has 0 amide bonds. The van der Waals surface area contributed by atoms with Crippen LogP contribution in [0.2, 0.25) is 0 Å². The zero-order chi connectivity index (χ0) is 15.8. The summed E-state index contributed by atoms with van der Waals surface area (Å²) in [5.41, 5.74) is 0.540. The first-order valence-corrected chi connectivity index (χ1v) is 6.76. The maximum Gasteiger partial charge on any atom is 0.353 e. The molecule has 0 aliphatic rings. The van der Waals surface area contributed by atoms with Crippen LogP contribution in [0.3, 0.4) is 0 Å². The lowest BCUT2D eigenvalue weighted by Gasteiger charge is -2.09. The predicted octanol–water partition coefficient (Wildman–Crippen LogP) is 2.58. The summed E-state index contributed by atoms with van der Waals surface area (Å²) in [5, 5.41) is 17.2. The Bertz CT molecular complexity index is 621. The summed E-state index contributed by atoms with van der Waals surface area (Å²) in [5.74, 6) is 0.343. The van der Waals surface area contributed by atoms with Crippen molar-refractivity contribution in [2.24, 2.45) is 0 Å². The van der Waals surface area contributed by atoms with Crippen LogP contribution in [0, 0.1) is 10.1 Å². The van der Waals surface area contributed by atoms with Gasteiger partial charge in [-0.25, -0.2) is 9.97 Å². The quantitative estimate of drug-likeness (QED) is 0.439. The van der Waals surface area contributed by atoms with Crippen molar-refractivity contribution in [3.8, 4) is 0 Å². The molecule has 1 heterocycles. The molecule has 2 aromatic rings. The molecule has 0 saturated heterocycles. The van der Waals surface area contributed by atoms with Gasteiger partial charge in [0.15, 0.2) is 0 Å². The molecule has 0 fully saturated rings. The molecule has 0 aliphatic carbocycles. The number of nitrogens with one attached hydrogen (secondary N) is 2. The SMILES string of the molecule is COCCCNc1ncnc(Nc2ccccc2)c1[N+](=O)[O-]. The van der Waals surface area contributed by atoms with E-state index in [0.717, 1.165) is 12.1 Å². The standard InChI is InChI=1S/C14H17N5O3/c1-22-9-5-8-15-13-12(19(20)21)14(17-10-16-13)18-11-6-3-2-4-7-11/h2-4,6-7,10H,5,8-9H2,1H3,(H2,15,16,17,18). The molecule has 116 valence electrons. The number of para-hydroxylation sites is 1. The third-order valence-corrected chi connectivity index (χ3v) is 2.86. The summed E-state index contributed by atoms with van der Waals surface area (Å²) >= 11 is 0. The number of benzene rings is 1. The highest BCUT2D eigenvalue weighted by Gasteiger charge is 2.22. The Kier molecular flexibility index (Phi) is 5.61. The Morgan fingerprint density at radius 1 is 1.23 bits per heavy atom. The molecule has 1 aromatic heterocycles. The zero-order valence-corrected chi connectivity index (χ0v) is 12.2. The molecule has 8 nitrogen and oxygen atoms in total. The Balaban J connectivity index is 2.20. The highest BCUT2D eigenvalue weighted by Crippen LogP contribution is 2.30. The summed E-state index contributed by atoms with van der Waals surface area (Å²) in [6.45, 7) is 1.09. The normalized spacial score (nSPS) is 10.2. The second kappa shape index (κ2) is 7.89. The number of ether oxygens (including phenoxy) is 1. The molecule has 0 aliphatic heterocycles. The van der Waals surface area contributed by atoms with Crippen LogP contribution in [-0.2, 0) is 4.74 Å². The first kappa shape index (κ1) is 15.6. The van der Waals surface area contributed by atoms with E-state index < -0.39 is 4.92 Å². The van der Waals surface area contributed by atoms with Gasteiger partial charge in [-0.15, -0.1) is 0 Å². The van der Waals surface area contributed by atoms with Crippen LogP contribution in [-0.4, -0.2) is 35.2 Å². The van der Waals surface area contributed by atoms with Gasteiger partial charge in [0, 0.05) is 25.9 Å². The topological polar surface area (TPSA) is 102 Å². The number of anilines is 3. The van der Waals surface area contributed by atoms with Gasteiger partial charge in [0.1, 0.15) is 6.33 Å². The van der Waals surface area contributed by atoms with Crippen molar-refractivity contribution in [1.82, 2.24) is 9.97 Å². The maximum absolute atomic E-state index is 11.3. The lowest BCUT2D eigenvalue weighted by Crippen LogP contribution is -2.10. The number of rotatable bonds is 8. The van der Waals surface area contributed by atoms with Crippen molar-refractivity contribution in [3.05, 3.63) is 46.8 Å². The highest BCUT2D eigenvalue weighted by molar-refractivity contribution is 5.73. The fraction of sp³-hybridized carbons (Fsp3) is 0.286. The lowest BCUT2D eigenvalue weighted by molar-refractivity contribution is -0.383. The van der Waals surface area contributed by atoms with Crippen LogP contribution >= 0.6 is 0 Å². The van der Waals surface area contributed by atoms with Gasteiger partial charge in [0.2, 0.25) is 11.6 Å². The minimum absolute atomic E-state index is 0.153. The minimum Gasteiger partial charge on any atom is -0.385 e. The molecule has 0 saturated carbocycles. The van der Waals surface area contributed by atoms with Gasteiger partial charge in [-0.2, -0.15) is 0 Å². The van der Waals surface area contributed by atoms with E-state index in [2.05, 4.69) is 20.6 Å². The van der Waals surface area contributed by atoms with E-state index in [9.17, 15) is 10.1 Å². The minimum atomic E-state index is -0.496. The average Bonchev–Trinajstić information content (AvgIpc) is 2.52. The van der Waals surface area contributed by atoms with E-state index in [1.807, 2.05) is 18.2 Å². The maximum atomic E-state index is 11.3. The predicted molar refractivity (Wildman–Crippen MR) is 83.4 cm³/mol. The average molecular weight is 303 g/mol. The van der Waals surface area contributed by atoms with E-state index in [1.54, 1.807) is 19.2 Å². The molecular weight excluding hydrogens is 286 g/mol. The monoisotopic (exact) mass is 303 g/mol. The number of methoxy groups -OCH3 is 1. The molecule has 8 heteroatoms. The summed E-state index contributed by atoms with van der Waals surface area (Å²) in [7, 11) is 1.61. The molecule has 1 aromatic carbocycles. The van der Waals surface area contributed by atoms with Gasteiger partial charge in [-0.1, -0.05) is 18.2 Å². The largest absolute Gasteiger partial charge is 0.385 e. The van der Waals surface area contributed by atoms with E-state index >= 15 is 0 Å². The van der Waals surface area contributed by atoms with Crippen LogP contribution in [0.15, 0.2) is 36.7 Å². The first-order valence-electron chi connectivity index (χ1n) is 6.76. The highest BCUT2D eigenvalue weighted by atomic mass is 16.6. The summed E-state index contributed by atoms with van der Waals surface area (Å²) in [6.07, 6.45) is 2.01. The first-order chi connectivity index (χ1) is 10.7. The van der Waals surface area contributed by atoms with Crippen molar-refractivity contribution in [2.75, 3.05) is 30.9 Å². The Hall–Kier alpha value is -2.74. The van der Waals surface area contributed by atoms with Crippen molar-refractivity contribution < 1.29 is 9.66 Å². The van der Waals surface area contributed by atoms with Crippen LogP contribution in [0.1, 0.15) is 6.42 Å². The van der Waals surface area contributed by atoms with Crippen LogP contribution < -0.4 is 10.6 Å². The fourth-order valence-electron chi connectivity index (χ4n) is 1.85. The van der Waals surface area contributed by atoms with Gasteiger partial charge < -0.3 is 15.4 Å². The van der Waals surface area contributed by atoms with Crippen molar-refractivity contribution in [1.29, 1.82) is 0 Å². The summed E-state index contributed by atoms with van der Waals surface area (Å²) in [4.78, 5) is 18.8. The number of aromatic nitrogens is 2. The van der Waals surface area contributed by atoms with Crippen LogP contribution in [0.25, 0.3) is 0 Å². The molecule has 2 N–H and O–H groups in total. The Labute approximate surface area is 127 Å². The lowest BCUT2D eigenvalue weighted by atomic mass is 10.3. The second-order valence-electron chi connectivity index (χ2n) is 4.44. The van der Waals surface area contributed by atoms with Crippen LogP contribution in [0.4, 0.5) is 23.0 Å². The molecule has 0 bridgehead atoms. The van der Waals surface area contributed by atoms with E-state index in [1.165, 1.54) is 6.33 Å². The van der Waals surface area contributed by atoms with Gasteiger partial charge >= 0.3 is 5.69 Å². The summed E-state index contributed by atoms with van der Waals surface area (Å²) < 4.78 is 4.94. The molecule has 2 rings (SSSR count). The third-order valence-electron chi connectivity index (χ3n) is 2.86. The fourth-order valence-corrected chi connectivity index (χ4v) is 1.85. The van der Waals surface area contributed by atoms with E-state index in [-0.39, 0.29) is 17.3 Å². The number of hydrogen-bond donors (Lipinski definition) is 2. The molecule has 0 atom stereocenters. The van der Waals surface area contributed by atoms with Gasteiger partial charge in [-0.3, -0.25) is 10.1 Å². The van der Waals surface area contributed by atoms with Gasteiger partial charge in [0.05, 0.1) is 4.92 Å². The van der Waals surface area contributed by atoms with Crippen molar-refractivity contribution >= 4 is 23.0 Å². The summed E-state index contributed by atoms with van der Waals surface area (Å²) in [6, 6.07) is 9.13. The van der Waals surface area contributed by atoms with E-state index in [4.69, 9.17) is 4.74 Å². The molecule has 0 spiro atoms. The Morgan fingerprint density at radius 3 is 2.64 bits per heavy atom. The number of nitro groups is 1. The third kappa shape index (κ3) is 4.13. The van der Waals surface area contributed by atoms with Crippen molar-refractivity contribution in [3.63, 3.8) is 0 Å². The molecule has 0 radical (unpaired) electrons. The number of nitrogens with zero attached hydrogens (tertiary/aromatic N) is 3. The van der Waals surface area contributed by atoms with Gasteiger partial charge in [-0.05, 0) is 18.6 Å². The second-order valence-corrected chi connectivity index (χ2v) is 4.44. The van der Waals surface area contributed by atoms with Crippen molar-refractivity contribution in [2.45, 2.75) is 6.42 Å². The number of hydrogen-bond acceptors (Lipinski definition) is 7. The molecular formula is C14H17N5O3. The van der Waals surface area contributed by atoms with E-state index in [0.29, 0.717) is 13.2 Å². The van der Waals surface area contributed by atoms with Crippen LogP contribution in [0.5, 0.6) is 0 Å². The molecule has 22 heavy (non-hydrogen) atoms. The Morgan fingerprint density at radius 2 is 1.95 bits per heavy atom. The molecule has 0 unspecified atom stereocenters. The zero-order valence-electron chi connectivity index (χ0n) is 12.2. The van der Waals surface area contributed by atoms with Gasteiger partial charge in [0.25, 0.3) is 0 Å².